The lowest BCUT2D eigenvalue weighted by molar-refractivity contribution is 0.218. The van der Waals surface area contributed by atoms with Crippen molar-refractivity contribution in [3.8, 4) is 0 Å². The molecule has 2 rings (SSSR count). The monoisotopic (exact) mass is 264 g/mol. The summed E-state index contributed by atoms with van der Waals surface area (Å²) in [6, 6.07) is 0. The van der Waals surface area contributed by atoms with E-state index >= 15 is 0 Å². The van der Waals surface area contributed by atoms with Crippen molar-refractivity contribution in [1.29, 1.82) is 0 Å². The molecule has 0 aromatic heterocycles. The maximum Gasteiger partial charge on any atom is -0.0116 e. The number of hydrogen-bond acceptors (Lipinski definition) is 0. The maximum atomic E-state index is 2.47. The second-order valence-corrected chi connectivity index (χ2v) is 7.07. The predicted molar refractivity (Wildman–Crippen MR) is 89.4 cm³/mol. The molecule has 0 spiro atoms. The summed E-state index contributed by atoms with van der Waals surface area (Å²) in [4.78, 5) is 0. The van der Waals surface area contributed by atoms with Crippen LogP contribution in [0.3, 0.4) is 0 Å². The highest BCUT2D eigenvalue weighted by Crippen LogP contribution is 2.47. The van der Waals surface area contributed by atoms with Gasteiger partial charge in [0.2, 0.25) is 0 Å². The van der Waals surface area contributed by atoms with Crippen molar-refractivity contribution in [2.75, 3.05) is 0 Å². The Morgan fingerprint density at radius 3 is 2.32 bits per heavy atom. The molecule has 0 radical (unpaired) electrons. The van der Waals surface area contributed by atoms with Crippen LogP contribution in [0.1, 0.15) is 75.2 Å². The van der Waals surface area contributed by atoms with Gasteiger partial charge in [-0.25, -0.2) is 0 Å². The molecule has 0 heteroatoms. The highest BCUT2D eigenvalue weighted by atomic mass is 14.4. The highest BCUT2D eigenvalue weighted by molar-refractivity contribution is 5.18. The van der Waals surface area contributed by atoms with Crippen molar-refractivity contribution in [3.63, 3.8) is 0 Å². The van der Waals surface area contributed by atoms with Gasteiger partial charge in [0.15, 0.2) is 0 Å². The topological polar surface area (TPSA) is 0 Å². The van der Waals surface area contributed by atoms with Crippen LogP contribution in [0.2, 0.25) is 0 Å². The Morgan fingerprint density at radius 1 is 1.21 bits per heavy atom. The smallest absolute Gasteiger partial charge is 0.0116 e. The van der Waals surface area contributed by atoms with E-state index in [0.29, 0.717) is 5.41 Å². The second kappa shape index (κ2) is 6.77. The Morgan fingerprint density at radius 2 is 1.84 bits per heavy atom. The van der Waals surface area contributed by atoms with E-state index < -0.39 is 0 Å². The van der Waals surface area contributed by atoms with E-state index in [1.807, 2.05) is 0 Å². The molecule has 0 bridgehead atoms. The van der Waals surface area contributed by atoms with Gasteiger partial charge in [-0.1, -0.05) is 58.9 Å². The van der Waals surface area contributed by atoms with Gasteiger partial charge < -0.3 is 0 Å². The first-order valence-corrected chi connectivity index (χ1v) is 7.24. The summed E-state index contributed by atoms with van der Waals surface area (Å²) >= 11 is 0. The van der Waals surface area contributed by atoms with E-state index in [1.165, 1.54) is 25.7 Å². The van der Waals surface area contributed by atoms with Crippen LogP contribution in [0, 0.1) is 23.2 Å². The van der Waals surface area contributed by atoms with E-state index in [-0.39, 0.29) is 14.9 Å². The fourth-order valence-electron chi connectivity index (χ4n) is 3.86. The first kappa shape index (κ1) is 18.5. The standard InChI is InChI=1S/C17H28.2CH4/c1-12-8-13(2)10-15(9-12)11-16-7-6-14(3)17(16,4)5;;/h6,8,12,15-16H,7,9-11H2,1-5H3;2*1H4. The van der Waals surface area contributed by atoms with Gasteiger partial charge >= 0.3 is 0 Å². The third-order valence-electron chi connectivity index (χ3n) is 5.25. The minimum absolute atomic E-state index is 0. The summed E-state index contributed by atoms with van der Waals surface area (Å²) in [6.45, 7) is 11.9. The van der Waals surface area contributed by atoms with Crippen molar-refractivity contribution in [1.82, 2.24) is 0 Å². The molecule has 19 heavy (non-hydrogen) atoms. The SMILES string of the molecule is C.C.CC1=CC(C)CC(CC2CC=C(C)C2(C)C)C1. The maximum absolute atomic E-state index is 2.47. The van der Waals surface area contributed by atoms with Gasteiger partial charge in [-0.15, -0.1) is 0 Å². The first-order valence-electron chi connectivity index (χ1n) is 7.24. The third kappa shape index (κ3) is 3.97. The number of hydrogen-bond donors (Lipinski definition) is 0. The van der Waals surface area contributed by atoms with Crippen molar-refractivity contribution in [3.05, 3.63) is 23.3 Å². The summed E-state index contributed by atoms with van der Waals surface area (Å²) in [5, 5.41) is 0. The molecule has 0 heterocycles. The zero-order chi connectivity index (χ0) is 12.6. The van der Waals surface area contributed by atoms with Gasteiger partial charge in [0.25, 0.3) is 0 Å². The number of rotatable bonds is 2. The van der Waals surface area contributed by atoms with Crippen LogP contribution in [-0.2, 0) is 0 Å². The molecule has 0 aliphatic heterocycles. The van der Waals surface area contributed by atoms with Crippen molar-refractivity contribution < 1.29 is 0 Å². The van der Waals surface area contributed by atoms with Crippen LogP contribution in [0.25, 0.3) is 0 Å². The van der Waals surface area contributed by atoms with Gasteiger partial charge in [0.1, 0.15) is 0 Å². The van der Waals surface area contributed by atoms with Gasteiger partial charge in [-0.2, -0.15) is 0 Å². The zero-order valence-electron chi connectivity index (χ0n) is 12.2. The summed E-state index contributed by atoms with van der Waals surface area (Å²) in [6.07, 6.45) is 10.4. The average Bonchev–Trinajstić information content (AvgIpc) is 2.43. The molecule has 0 N–H and O–H groups in total. The van der Waals surface area contributed by atoms with Gasteiger partial charge in [0.05, 0.1) is 0 Å². The van der Waals surface area contributed by atoms with E-state index in [0.717, 1.165) is 17.8 Å². The minimum Gasteiger partial charge on any atom is -0.0848 e. The van der Waals surface area contributed by atoms with E-state index in [9.17, 15) is 0 Å². The van der Waals surface area contributed by atoms with Crippen LogP contribution in [0.5, 0.6) is 0 Å². The van der Waals surface area contributed by atoms with E-state index in [1.54, 1.807) is 11.1 Å². The average molecular weight is 264 g/mol. The molecule has 0 saturated heterocycles. The predicted octanol–water partition coefficient (Wildman–Crippen LogP) is 6.63. The molecule has 112 valence electrons. The van der Waals surface area contributed by atoms with Gasteiger partial charge in [-0.3, -0.25) is 0 Å². The number of allylic oxidation sites excluding steroid dienone is 4. The molecule has 0 aromatic carbocycles. The van der Waals surface area contributed by atoms with Crippen molar-refractivity contribution in [2.45, 2.75) is 75.2 Å². The molecule has 2 aliphatic rings. The van der Waals surface area contributed by atoms with Crippen LogP contribution in [0.4, 0.5) is 0 Å². The lowest BCUT2D eigenvalue weighted by atomic mass is 9.70. The van der Waals surface area contributed by atoms with E-state index in [4.69, 9.17) is 0 Å². The molecule has 2 aliphatic carbocycles. The molecular formula is C19H36. The third-order valence-corrected chi connectivity index (χ3v) is 5.25. The van der Waals surface area contributed by atoms with Crippen LogP contribution >= 0.6 is 0 Å². The van der Waals surface area contributed by atoms with Gasteiger partial charge in [-0.05, 0) is 62.7 Å². The molecule has 0 aromatic rings. The molecule has 3 atom stereocenters. The highest BCUT2D eigenvalue weighted by Gasteiger charge is 2.36. The molecule has 0 fully saturated rings. The Kier molecular flexibility index (Phi) is 6.59. The summed E-state index contributed by atoms with van der Waals surface area (Å²) < 4.78 is 0. The van der Waals surface area contributed by atoms with Crippen LogP contribution in [-0.4, -0.2) is 0 Å². The Bertz CT molecular complexity index is 343. The van der Waals surface area contributed by atoms with Gasteiger partial charge in [0, 0.05) is 0 Å². The molecular weight excluding hydrogens is 228 g/mol. The van der Waals surface area contributed by atoms with Crippen LogP contribution < -0.4 is 0 Å². The zero-order valence-corrected chi connectivity index (χ0v) is 12.2. The van der Waals surface area contributed by atoms with Crippen LogP contribution in [0.15, 0.2) is 23.3 Å². The fraction of sp³-hybridized carbons (Fsp3) is 0.789. The molecule has 0 saturated carbocycles. The lowest BCUT2D eigenvalue weighted by Gasteiger charge is -2.34. The minimum atomic E-state index is 0. The molecule has 0 nitrogen and oxygen atoms in total. The quantitative estimate of drug-likeness (QED) is 0.491. The Balaban J connectivity index is 0.00000162. The van der Waals surface area contributed by atoms with E-state index in [2.05, 4.69) is 46.8 Å². The molecule has 3 unspecified atom stereocenters. The first-order chi connectivity index (χ1) is 7.89. The largest absolute Gasteiger partial charge is 0.0848 e. The second-order valence-electron chi connectivity index (χ2n) is 7.07. The van der Waals surface area contributed by atoms with Crippen molar-refractivity contribution >= 4 is 0 Å². The normalized spacial score (nSPS) is 32.8. The fourth-order valence-corrected chi connectivity index (χ4v) is 3.86. The molecule has 0 amide bonds. The lowest BCUT2D eigenvalue weighted by Crippen LogP contribution is -2.24. The Labute approximate surface area is 122 Å². The Hall–Kier alpha value is -0.520. The summed E-state index contributed by atoms with van der Waals surface area (Å²) in [7, 11) is 0. The van der Waals surface area contributed by atoms with Crippen molar-refractivity contribution in [2.24, 2.45) is 23.2 Å². The summed E-state index contributed by atoms with van der Waals surface area (Å²) in [5.74, 6) is 2.61. The summed E-state index contributed by atoms with van der Waals surface area (Å²) in [5.41, 5.74) is 3.67.